The van der Waals surface area contributed by atoms with E-state index in [0.29, 0.717) is 31.1 Å². The molecule has 1 heterocycles. The van der Waals surface area contributed by atoms with Gasteiger partial charge in [-0.05, 0) is 27.6 Å². The zero-order valence-corrected chi connectivity index (χ0v) is 12.6. The SMILES string of the molecule is COc1ccc(CN2CCNC(=O)C2)c(Br)c1OC. The van der Waals surface area contributed by atoms with Crippen LogP contribution >= 0.6 is 15.9 Å². The van der Waals surface area contributed by atoms with Crippen LogP contribution in [0.5, 0.6) is 11.5 Å². The molecule has 5 nitrogen and oxygen atoms in total. The number of carbonyl (C=O) groups is 1. The minimum atomic E-state index is 0.0721. The van der Waals surface area contributed by atoms with E-state index in [-0.39, 0.29) is 5.91 Å². The minimum absolute atomic E-state index is 0.0721. The molecule has 0 aromatic heterocycles. The van der Waals surface area contributed by atoms with Crippen molar-refractivity contribution in [3.05, 3.63) is 22.2 Å². The molecule has 1 saturated heterocycles. The summed E-state index contributed by atoms with van der Waals surface area (Å²) in [4.78, 5) is 13.5. The standard InChI is InChI=1S/C13H17BrN2O3/c1-18-10-4-3-9(12(14)13(10)19-2)7-16-6-5-15-11(17)8-16/h3-4H,5-8H2,1-2H3,(H,15,17). The Morgan fingerprint density at radius 2 is 2.16 bits per heavy atom. The van der Waals surface area contributed by atoms with Crippen molar-refractivity contribution in [1.29, 1.82) is 0 Å². The maximum absolute atomic E-state index is 11.4. The fourth-order valence-electron chi connectivity index (χ4n) is 2.12. The minimum Gasteiger partial charge on any atom is -0.493 e. The molecule has 0 atom stereocenters. The predicted molar refractivity (Wildman–Crippen MR) is 75.5 cm³/mol. The Bertz CT molecular complexity index is 479. The van der Waals surface area contributed by atoms with Gasteiger partial charge in [0.25, 0.3) is 0 Å². The highest BCUT2D eigenvalue weighted by atomic mass is 79.9. The van der Waals surface area contributed by atoms with Crippen LogP contribution in [0.15, 0.2) is 16.6 Å². The maximum Gasteiger partial charge on any atom is 0.234 e. The zero-order chi connectivity index (χ0) is 13.8. The molecule has 1 aromatic carbocycles. The third-order valence-corrected chi connectivity index (χ3v) is 3.95. The molecule has 1 fully saturated rings. The fraction of sp³-hybridized carbons (Fsp3) is 0.462. The van der Waals surface area contributed by atoms with E-state index in [0.717, 1.165) is 16.6 Å². The van der Waals surface area contributed by atoms with Crippen LogP contribution in [0.1, 0.15) is 5.56 Å². The largest absolute Gasteiger partial charge is 0.493 e. The average Bonchev–Trinajstić information content (AvgIpc) is 2.41. The second-order valence-corrected chi connectivity index (χ2v) is 5.13. The molecule has 6 heteroatoms. The maximum atomic E-state index is 11.4. The van der Waals surface area contributed by atoms with E-state index < -0.39 is 0 Å². The lowest BCUT2D eigenvalue weighted by Gasteiger charge is -2.27. The van der Waals surface area contributed by atoms with E-state index in [1.54, 1.807) is 14.2 Å². The number of benzene rings is 1. The molecule has 1 aliphatic rings. The Kier molecular flexibility index (Phi) is 4.66. The molecule has 2 rings (SSSR count). The summed E-state index contributed by atoms with van der Waals surface area (Å²) < 4.78 is 11.5. The van der Waals surface area contributed by atoms with E-state index in [9.17, 15) is 4.79 Å². The van der Waals surface area contributed by atoms with Crippen LogP contribution in [0.4, 0.5) is 0 Å². The van der Waals surface area contributed by atoms with Gasteiger partial charge < -0.3 is 14.8 Å². The number of rotatable bonds is 4. The smallest absolute Gasteiger partial charge is 0.234 e. The molecular formula is C13H17BrN2O3. The van der Waals surface area contributed by atoms with Crippen molar-refractivity contribution in [3.8, 4) is 11.5 Å². The quantitative estimate of drug-likeness (QED) is 0.907. The number of methoxy groups -OCH3 is 2. The lowest BCUT2D eigenvalue weighted by Crippen LogP contribution is -2.47. The van der Waals surface area contributed by atoms with Crippen molar-refractivity contribution in [1.82, 2.24) is 10.2 Å². The Balaban J connectivity index is 2.18. The summed E-state index contributed by atoms with van der Waals surface area (Å²) in [6.45, 7) is 2.69. The Morgan fingerprint density at radius 1 is 1.37 bits per heavy atom. The molecule has 0 spiro atoms. The monoisotopic (exact) mass is 328 g/mol. The number of amides is 1. The van der Waals surface area contributed by atoms with E-state index in [4.69, 9.17) is 9.47 Å². The van der Waals surface area contributed by atoms with Gasteiger partial charge in [-0.25, -0.2) is 0 Å². The highest BCUT2D eigenvalue weighted by Crippen LogP contribution is 2.37. The van der Waals surface area contributed by atoms with E-state index in [1.165, 1.54) is 0 Å². The number of nitrogens with one attached hydrogen (secondary N) is 1. The van der Waals surface area contributed by atoms with Crippen LogP contribution in [0.2, 0.25) is 0 Å². The first-order chi connectivity index (χ1) is 9.15. The van der Waals surface area contributed by atoms with E-state index in [1.807, 2.05) is 12.1 Å². The first-order valence-corrected chi connectivity index (χ1v) is 6.83. The molecule has 0 saturated carbocycles. The molecule has 1 aromatic rings. The van der Waals surface area contributed by atoms with Gasteiger partial charge >= 0.3 is 0 Å². The van der Waals surface area contributed by atoms with Crippen LogP contribution in [-0.4, -0.2) is 44.7 Å². The number of nitrogens with zero attached hydrogens (tertiary/aromatic N) is 1. The molecule has 1 aliphatic heterocycles. The van der Waals surface area contributed by atoms with Crippen molar-refractivity contribution in [2.45, 2.75) is 6.54 Å². The molecule has 19 heavy (non-hydrogen) atoms. The number of ether oxygens (including phenoxy) is 2. The van der Waals surface area contributed by atoms with Gasteiger partial charge in [-0.3, -0.25) is 9.69 Å². The van der Waals surface area contributed by atoms with Gasteiger partial charge in [0.2, 0.25) is 5.91 Å². The van der Waals surface area contributed by atoms with Gasteiger partial charge in [-0.1, -0.05) is 6.07 Å². The van der Waals surface area contributed by atoms with Crippen molar-refractivity contribution in [2.75, 3.05) is 33.9 Å². The van der Waals surface area contributed by atoms with Crippen LogP contribution in [-0.2, 0) is 11.3 Å². The topological polar surface area (TPSA) is 50.8 Å². The molecule has 0 bridgehead atoms. The number of carbonyl (C=O) groups excluding carboxylic acids is 1. The lowest BCUT2D eigenvalue weighted by atomic mass is 10.1. The average molecular weight is 329 g/mol. The van der Waals surface area contributed by atoms with Gasteiger partial charge in [-0.15, -0.1) is 0 Å². The van der Waals surface area contributed by atoms with Crippen molar-refractivity contribution in [3.63, 3.8) is 0 Å². The van der Waals surface area contributed by atoms with Crippen molar-refractivity contribution in [2.24, 2.45) is 0 Å². The molecule has 1 amide bonds. The molecule has 1 N–H and O–H groups in total. The van der Waals surface area contributed by atoms with Crippen LogP contribution in [0.25, 0.3) is 0 Å². The summed E-state index contributed by atoms with van der Waals surface area (Å²) in [6.07, 6.45) is 0. The van der Waals surface area contributed by atoms with Crippen LogP contribution in [0.3, 0.4) is 0 Å². The normalized spacial score (nSPS) is 16.1. The number of halogens is 1. The van der Waals surface area contributed by atoms with Crippen molar-refractivity contribution < 1.29 is 14.3 Å². The highest BCUT2D eigenvalue weighted by molar-refractivity contribution is 9.10. The second-order valence-electron chi connectivity index (χ2n) is 4.33. The summed E-state index contributed by atoms with van der Waals surface area (Å²) in [7, 11) is 3.22. The predicted octanol–water partition coefficient (Wildman–Crippen LogP) is 1.40. The third-order valence-electron chi connectivity index (χ3n) is 3.08. The first-order valence-electron chi connectivity index (χ1n) is 6.04. The molecule has 104 valence electrons. The van der Waals surface area contributed by atoms with E-state index >= 15 is 0 Å². The Morgan fingerprint density at radius 3 is 2.79 bits per heavy atom. The summed E-state index contributed by atoms with van der Waals surface area (Å²) in [5, 5.41) is 2.82. The molecule has 0 unspecified atom stereocenters. The van der Waals surface area contributed by atoms with Gasteiger partial charge in [0.15, 0.2) is 11.5 Å². The summed E-state index contributed by atoms with van der Waals surface area (Å²) in [5.41, 5.74) is 1.08. The summed E-state index contributed by atoms with van der Waals surface area (Å²) in [5.74, 6) is 1.44. The molecular weight excluding hydrogens is 312 g/mol. The van der Waals surface area contributed by atoms with Gasteiger partial charge in [0, 0.05) is 19.6 Å². The van der Waals surface area contributed by atoms with Gasteiger partial charge in [-0.2, -0.15) is 0 Å². The molecule has 0 aliphatic carbocycles. The van der Waals surface area contributed by atoms with Crippen molar-refractivity contribution >= 4 is 21.8 Å². The lowest BCUT2D eigenvalue weighted by molar-refractivity contribution is -0.124. The number of hydrogen-bond acceptors (Lipinski definition) is 4. The zero-order valence-electron chi connectivity index (χ0n) is 11.0. The van der Waals surface area contributed by atoms with Gasteiger partial charge in [0.05, 0.1) is 25.2 Å². The highest BCUT2D eigenvalue weighted by Gasteiger charge is 2.19. The molecule has 0 radical (unpaired) electrons. The number of hydrogen-bond donors (Lipinski definition) is 1. The Hall–Kier alpha value is -1.27. The van der Waals surface area contributed by atoms with Crippen LogP contribution < -0.4 is 14.8 Å². The second kappa shape index (κ2) is 6.25. The Labute approximate surface area is 121 Å². The van der Waals surface area contributed by atoms with Gasteiger partial charge in [0.1, 0.15) is 0 Å². The summed E-state index contributed by atoms with van der Waals surface area (Å²) >= 11 is 3.54. The first kappa shape index (κ1) is 14.1. The van der Waals surface area contributed by atoms with E-state index in [2.05, 4.69) is 26.1 Å². The third kappa shape index (κ3) is 3.19. The number of piperazine rings is 1. The van der Waals surface area contributed by atoms with Crippen LogP contribution in [0, 0.1) is 0 Å². The fourth-order valence-corrected chi connectivity index (χ4v) is 2.73. The summed E-state index contributed by atoms with van der Waals surface area (Å²) in [6, 6.07) is 3.86.